The molecule has 1 amide bonds. The zero-order chi connectivity index (χ0) is 6.57. The molecule has 0 bridgehead atoms. The smallest absolute Gasteiger partial charge is 0.308 e. The number of nitrogens with one attached hydrogen (secondary N) is 1. The Balaban J connectivity index is 3.70. The van der Waals surface area contributed by atoms with Crippen molar-refractivity contribution < 1.29 is 9.53 Å². The molecule has 8 heavy (non-hydrogen) atoms. The molecule has 0 radical (unpaired) electrons. The summed E-state index contributed by atoms with van der Waals surface area (Å²) in [5.41, 5.74) is 0. The van der Waals surface area contributed by atoms with Crippen molar-refractivity contribution >= 4 is 12.1 Å². The lowest BCUT2D eigenvalue weighted by atomic mass is 10.7. The molecule has 0 aromatic carbocycles. The number of hydroxylamine groups is 1. The van der Waals surface area contributed by atoms with Crippen molar-refractivity contribution in [1.29, 1.82) is 0 Å². The van der Waals surface area contributed by atoms with E-state index in [0.29, 0.717) is 4.74 Å². The Kier molecular flexibility index (Phi) is 2.61. The lowest BCUT2D eigenvalue weighted by Gasteiger charge is -1.91. The third kappa shape index (κ3) is 3.14. The van der Waals surface area contributed by atoms with E-state index in [1.807, 2.05) is 0 Å². The Hall–Kier alpha value is -1.06. The number of hydrogen-bond donors (Lipinski definition) is 1. The van der Waals surface area contributed by atoms with Crippen molar-refractivity contribution in [2.75, 3.05) is 14.1 Å². The summed E-state index contributed by atoms with van der Waals surface area (Å²) >= 11 is 0. The van der Waals surface area contributed by atoms with Crippen molar-refractivity contribution in [1.82, 2.24) is 5.32 Å². The molecule has 0 aliphatic heterocycles. The van der Waals surface area contributed by atoms with Crippen LogP contribution in [0.2, 0.25) is 0 Å². The molecule has 0 rings (SSSR count). The Morgan fingerprint density at radius 3 is 2.50 bits per heavy atom. The Labute approximate surface area is 47.4 Å². The fourth-order valence-electron chi connectivity index (χ4n) is 0.230. The number of carbonyl (C=O) groups excluding carboxylic acids is 1. The highest BCUT2D eigenvalue weighted by Gasteiger charge is 1.92. The third-order valence-corrected chi connectivity index (χ3v) is 0.545. The summed E-state index contributed by atoms with van der Waals surface area (Å²) in [5, 5.41) is 12.3. The summed E-state index contributed by atoms with van der Waals surface area (Å²) in [6.45, 7) is 0. The predicted molar refractivity (Wildman–Crippen MR) is 29.7 cm³/mol. The van der Waals surface area contributed by atoms with Gasteiger partial charge in [-0.3, -0.25) is 4.79 Å². The molecule has 0 aromatic heterocycles. The van der Waals surface area contributed by atoms with Crippen LogP contribution >= 0.6 is 0 Å². The standard InChI is InChI=1S/C4H8N2O2/c1-5-4(7)3-6(2)8/h3H,1-2H3,(H,5,7)/b6-3+. The van der Waals surface area contributed by atoms with Gasteiger partial charge in [-0.1, -0.05) is 0 Å². The molecule has 0 saturated carbocycles. The van der Waals surface area contributed by atoms with Gasteiger partial charge in [0.2, 0.25) is 6.21 Å². The van der Waals surface area contributed by atoms with E-state index in [9.17, 15) is 10.0 Å². The first-order valence-electron chi connectivity index (χ1n) is 2.13. The molecule has 0 fully saturated rings. The van der Waals surface area contributed by atoms with Gasteiger partial charge >= 0.3 is 5.91 Å². The Bertz CT molecular complexity index is 115. The Morgan fingerprint density at radius 1 is 1.88 bits per heavy atom. The van der Waals surface area contributed by atoms with E-state index in [4.69, 9.17) is 0 Å². The first-order chi connectivity index (χ1) is 3.66. The molecular formula is C4H8N2O2. The minimum absolute atomic E-state index is 0.387. The second-order valence-corrected chi connectivity index (χ2v) is 1.29. The molecule has 0 aliphatic carbocycles. The molecule has 0 unspecified atom stereocenters. The van der Waals surface area contributed by atoms with E-state index >= 15 is 0 Å². The first kappa shape index (κ1) is 6.94. The van der Waals surface area contributed by atoms with Gasteiger partial charge < -0.3 is 10.5 Å². The molecular weight excluding hydrogens is 108 g/mol. The van der Waals surface area contributed by atoms with E-state index in [1.165, 1.54) is 14.1 Å². The van der Waals surface area contributed by atoms with Gasteiger partial charge in [0.25, 0.3) is 0 Å². The van der Waals surface area contributed by atoms with Gasteiger partial charge in [0, 0.05) is 7.05 Å². The van der Waals surface area contributed by atoms with Crippen LogP contribution in [0.1, 0.15) is 0 Å². The van der Waals surface area contributed by atoms with Crippen LogP contribution in [0.15, 0.2) is 0 Å². The molecule has 0 spiro atoms. The number of amides is 1. The normalized spacial score (nSPS) is 11.0. The summed E-state index contributed by atoms with van der Waals surface area (Å²) in [6, 6.07) is 0. The highest BCUT2D eigenvalue weighted by molar-refractivity contribution is 6.24. The largest absolute Gasteiger partial charge is 0.624 e. The van der Waals surface area contributed by atoms with E-state index in [2.05, 4.69) is 5.32 Å². The molecule has 0 atom stereocenters. The highest BCUT2D eigenvalue weighted by atomic mass is 16.5. The SMILES string of the molecule is CNC(=O)/C=[N+](\C)[O-]. The van der Waals surface area contributed by atoms with E-state index in [0.717, 1.165) is 6.21 Å². The summed E-state index contributed by atoms with van der Waals surface area (Å²) in [5.74, 6) is -0.387. The van der Waals surface area contributed by atoms with Gasteiger partial charge in [0.1, 0.15) is 7.05 Å². The van der Waals surface area contributed by atoms with E-state index in [1.54, 1.807) is 0 Å². The van der Waals surface area contributed by atoms with Crippen LogP contribution in [-0.4, -0.2) is 31.0 Å². The number of carbonyl (C=O) groups is 1. The minimum atomic E-state index is -0.387. The highest BCUT2D eigenvalue weighted by Crippen LogP contribution is 1.55. The molecule has 0 heterocycles. The molecule has 1 N–H and O–H groups in total. The number of nitrogens with zero attached hydrogens (tertiary/aromatic N) is 1. The average molecular weight is 116 g/mol. The fraction of sp³-hybridized carbons (Fsp3) is 0.500. The minimum Gasteiger partial charge on any atom is -0.624 e. The summed E-state index contributed by atoms with van der Waals surface area (Å²) in [6.07, 6.45) is 0.917. The van der Waals surface area contributed by atoms with E-state index < -0.39 is 0 Å². The van der Waals surface area contributed by atoms with Crippen molar-refractivity contribution in [2.24, 2.45) is 0 Å². The summed E-state index contributed by atoms with van der Waals surface area (Å²) in [7, 11) is 2.71. The van der Waals surface area contributed by atoms with Gasteiger partial charge in [-0.25, -0.2) is 4.74 Å². The fourth-order valence-corrected chi connectivity index (χ4v) is 0.230. The topological polar surface area (TPSA) is 55.2 Å². The monoisotopic (exact) mass is 116 g/mol. The van der Waals surface area contributed by atoms with Crippen LogP contribution in [0, 0.1) is 5.21 Å². The number of hydrogen-bond acceptors (Lipinski definition) is 2. The van der Waals surface area contributed by atoms with E-state index in [-0.39, 0.29) is 5.91 Å². The van der Waals surface area contributed by atoms with Crippen molar-refractivity contribution in [2.45, 2.75) is 0 Å². The maximum atomic E-state index is 10.2. The van der Waals surface area contributed by atoms with Crippen LogP contribution in [0.4, 0.5) is 0 Å². The van der Waals surface area contributed by atoms with Gasteiger partial charge in [-0.15, -0.1) is 0 Å². The molecule has 4 heteroatoms. The zero-order valence-electron chi connectivity index (χ0n) is 4.84. The maximum Gasteiger partial charge on any atom is 0.308 e. The quantitative estimate of drug-likeness (QED) is 0.205. The predicted octanol–water partition coefficient (Wildman–Crippen LogP) is -1.06. The van der Waals surface area contributed by atoms with Gasteiger partial charge in [-0.2, -0.15) is 0 Å². The molecule has 0 aliphatic rings. The van der Waals surface area contributed by atoms with Crippen LogP contribution in [0.25, 0.3) is 0 Å². The second kappa shape index (κ2) is 3.01. The lowest BCUT2D eigenvalue weighted by molar-refractivity contribution is -0.416. The zero-order valence-corrected chi connectivity index (χ0v) is 4.84. The molecule has 46 valence electrons. The maximum absolute atomic E-state index is 10.2. The van der Waals surface area contributed by atoms with Crippen LogP contribution in [-0.2, 0) is 4.79 Å². The Morgan fingerprint density at radius 2 is 2.38 bits per heavy atom. The van der Waals surface area contributed by atoms with Crippen molar-refractivity contribution in [3.8, 4) is 0 Å². The van der Waals surface area contributed by atoms with Gasteiger partial charge in [0.05, 0.1) is 0 Å². The van der Waals surface area contributed by atoms with Crippen LogP contribution in [0.3, 0.4) is 0 Å². The van der Waals surface area contributed by atoms with Gasteiger partial charge in [-0.05, 0) is 0 Å². The van der Waals surface area contributed by atoms with Crippen LogP contribution in [0.5, 0.6) is 0 Å². The summed E-state index contributed by atoms with van der Waals surface area (Å²) < 4.78 is 0.443. The average Bonchev–Trinajstić information content (AvgIpc) is 1.65. The molecule has 0 aromatic rings. The lowest BCUT2D eigenvalue weighted by Crippen LogP contribution is -2.22. The van der Waals surface area contributed by atoms with Crippen LogP contribution < -0.4 is 5.32 Å². The second-order valence-electron chi connectivity index (χ2n) is 1.29. The number of rotatable bonds is 1. The van der Waals surface area contributed by atoms with Crippen molar-refractivity contribution in [3.05, 3.63) is 5.21 Å². The first-order valence-corrected chi connectivity index (χ1v) is 2.13. The van der Waals surface area contributed by atoms with Gasteiger partial charge in [0.15, 0.2) is 0 Å². The summed E-state index contributed by atoms with van der Waals surface area (Å²) in [4.78, 5) is 10.2. The van der Waals surface area contributed by atoms with Crippen molar-refractivity contribution in [3.63, 3.8) is 0 Å². The molecule has 4 nitrogen and oxygen atoms in total. The molecule has 0 saturated heterocycles. The third-order valence-electron chi connectivity index (χ3n) is 0.545.